The van der Waals surface area contributed by atoms with E-state index in [1.165, 1.54) is 26.8 Å². The molecule has 1 atom stereocenters. The van der Waals surface area contributed by atoms with E-state index in [2.05, 4.69) is 72.5 Å². The van der Waals surface area contributed by atoms with Crippen LogP contribution in [-0.4, -0.2) is 37.8 Å². The van der Waals surface area contributed by atoms with Gasteiger partial charge in [-0.15, -0.1) is 11.8 Å². The third-order valence-electron chi connectivity index (χ3n) is 5.28. The van der Waals surface area contributed by atoms with Crippen LogP contribution in [0.5, 0.6) is 5.75 Å². The molecule has 1 fully saturated rings. The molecule has 0 bridgehead atoms. The second kappa shape index (κ2) is 8.99. The van der Waals surface area contributed by atoms with E-state index >= 15 is 0 Å². The highest BCUT2D eigenvalue weighted by molar-refractivity contribution is 7.98. The number of benzene rings is 3. The Labute approximate surface area is 171 Å². The summed E-state index contributed by atoms with van der Waals surface area (Å²) in [7, 11) is 1.76. The summed E-state index contributed by atoms with van der Waals surface area (Å²) in [6, 6.07) is 21.5. The van der Waals surface area contributed by atoms with E-state index < -0.39 is 0 Å². The van der Waals surface area contributed by atoms with Crippen LogP contribution in [0.2, 0.25) is 0 Å². The van der Waals surface area contributed by atoms with Gasteiger partial charge < -0.3 is 9.47 Å². The van der Waals surface area contributed by atoms with Gasteiger partial charge in [-0.2, -0.15) is 0 Å². The Balaban J connectivity index is 1.55. The van der Waals surface area contributed by atoms with Gasteiger partial charge in [0.25, 0.3) is 0 Å². The molecule has 1 aliphatic rings. The zero-order valence-corrected chi connectivity index (χ0v) is 17.4. The lowest BCUT2D eigenvalue weighted by Crippen LogP contribution is -2.40. The summed E-state index contributed by atoms with van der Waals surface area (Å²) in [5.74, 6) is 1.85. The summed E-state index contributed by atoms with van der Waals surface area (Å²) in [6.45, 7) is 5.95. The first kappa shape index (κ1) is 19.3. The summed E-state index contributed by atoms with van der Waals surface area (Å²) < 4.78 is 11.4. The van der Waals surface area contributed by atoms with Gasteiger partial charge in [-0.05, 0) is 35.4 Å². The molecule has 1 unspecified atom stereocenters. The highest BCUT2D eigenvalue weighted by Gasteiger charge is 2.18. The predicted molar refractivity (Wildman–Crippen MR) is 117 cm³/mol. The van der Waals surface area contributed by atoms with E-state index in [9.17, 15) is 0 Å². The van der Waals surface area contributed by atoms with Crippen molar-refractivity contribution in [2.24, 2.45) is 0 Å². The van der Waals surface area contributed by atoms with Crippen molar-refractivity contribution in [2.45, 2.75) is 30.2 Å². The monoisotopic (exact) mass is 393 g/mol. The molecule has 0 N–H and O–H groups in total. The Hall–Kier alpha value is -2.01. The minimum Gasteiger partial charge on any atom is -0.496 e. The smallest absolute Gasteiger partial charge is 0.123 e. The molecule has 3 nitrogen and oxygen atoms in total. The lowest BCUT2D eigenvalue weighted by Gasteiger charge is -2.31. The van der Waals surface area contributed by atoms with E-state index in [0.717, 1.165) is 37.7 Å². The number of ether oxygens (including phenoxy) is 2. The fourth-order valence-corrected chi connectivity index (χ4v) is 4.95. The molecule has 0 aliphatic carbocycles. The van der Waals surface area contributed by atoms with Gasteiger partial charge in [0.1, 0.15) is 5.75 Å². The van der Waals surface area contributed by atoms with Gasteiger partial charge in [-0.25, -0.2) is 0 Å². The van der Waals surface area contributed by atoms with Gasteiger partial charge in [-0.1, -0.05) is 48.5 Å². The summed E-state index contributed by atoms with van der Waals surface area (Å²) in [5, 5.41) is 2.53. The second-order valence-electron chi connectivity index (χ2n) is 7.28. The molecule has 0 amide bonds. The molecule has 1 aliphatic heterocycles. The zero-order chi connectivity index (χ0) is 19.3. The van der Waals surface area contributed by atoms with Crippen LogP contribution in [0.15, 0.2) is 65.6 Å². The maximum absolute atomic E-state index is 5.69. The highest BCUT2D eigenvalue weighted by Crippen LogP contribution is 2.35. The number of hydrogen-bond donors (Lipinski definition) is 0. The van der Waals surface area contributed by atoms with Gasteiger partial charge in [0.2, 0.25) is 0 Å². The molecule has 146 valence electrons. The number of fused-ring (bicyclic) bond motifs is 1. The van der Waals surface area contributed by atoms with Crippen LogP contribution < -0.4 is 4.74 Å². The van der Waals surface area contributed by atoms with E-state index in [1.54, 1.807) is 7.11 Å². The van der Waals surface area contributed by atoms with E-state index in [0.29, 0.717) is 6.10 Å². The van der Waals surface area contributed by atoms with E-state index in [1.807, 2.05) is 11.8 Å². The van der Waals surface area contributed by atoms with Crippen LogP contribution in [0.1, 0.15) is 18.1 Å². The van der Waals surface area contributed by atoms with Crippen molar-refractivity contribution < 1.29 is 9.47 Å². The summed E-state index contributed by atoms with van der Waals surface area (Å²) >= 11 is 1.90. The maximum atomic E-state index is 5.69. The third-order valence-corrected chi connectivity index (χ3v) is 6.42. The van der Waals surface area contributed by atoms with Gasteiger partial charge in [0, 0.05) is 35.8 Å². The molecular formula is C24H27NO2S. The van der Waals surface area contributed by atoms with Crippen molar-refractivity contribution in [2.75, 3.05) is 26.8 Å². The molecule has 28 heavy (non-hydrogen) atoms. The normalized spacial score (nSPS) is 17.7. The standard InChI is InChI=1S/C24H27NO2S/c1-18-15-25(13-14-27-18)16-20-8-4-6-10-24(20)28-17-22-21-9-5-3-7-19(21)11-12-23(22)26-2/h3-12,18H,13-17H2,1-2H3. The van der Waals surface area contributed by atoms with Gasteiger partial charge in [0.05, 0.1) is 19.8 Å². The molecule has 3 aromatic rings. The fourth-order valence-electron chi connectivity index (χ4n) is 3.86. The minimum atomic E-state index is 0.313. The average molecular weight is 394 g/mol. The molecule has 4 heteroatoms. The topological polar surface area (TPSA) is 21.7 Å². The highest BCUT2D eigenvalue weighted by atomic mass is 32.2. The summed E-state index contributed by atoms with van der Waals surface area (Å²) in [5.41, 5.74) is 2.65. The SMILES string of the molecule is COc1ccc2ccccc2c1CSc1ccccc1CN1CCOC(C)C1. The minimum absolute atomic E-state index is 0.313. The molecule has 0 saturated carbocycles. The van der Waals surface area contributed by atoms with Crippen molar-refractivity contribution in [1.29, 1.82) is 0 Å². The van der Waals surface area contributed by atoms with Gasteiger partial charge in [-0.3, -0.25) is 4.90 Å². The van der Waals surface area contributed by atoms with E-state index in [4.69, 9.17) is 9.47 Å². The van der Waals surface area contributed by atoms with Crippen molar-refractivity contribution >= 4 is 22.5 Å². The molecule has 0 aromatic heterocycles. The molecule has 0 spiro atoms. The second-order valence-corrected chi connectivity index (χ2v) is 8.30. The predicted octanol–water partition coefficient (Wildman–Crippen LogP) is 5.36. The fraction of sp³-hybridized carbons (Fsp3) is 0.333. The zero-order valence-electron chi connectivity index (χ0n) is 16.6. The number of hydrogen-bond acceptors (Lipinski definition) is 4. The first-order valence-electron chi connectivity index (χ1n) is 9.84. The molecule has 3 aromatic carbocycles. The first-order chi connectivity index (χ1) is 13.7. The lowest BCUT2D eigenvalue weighted by atomic mass is 10.0. The quantitative estimate of drug-likeness (QED) is 0.526. The number of thioether (sulfide) groups is 1. The van der Waals surface area contributed by atoms with Crippen LogP contribution in [0.3, 0.4) is 0 Å². The van der Waals surface area contributed by atoms with E-state index in [-0.39, 0.29) is 0 Å². The molecule has 1 heterocycles. The number of methoxy groups -OCH3 is 1. The van der Waals surface area contributed by atoms with Gasteiger partial charge in [0.15, 0.2) is 0 Å². The van der Waals surface area contributed by atoms with Crippen molar-refractivity contribution in [3.05, 3.63) is 71.8 Å². The Morgan fingerprint density at radius 2 is 1.89 bits per heavy atom. The van der Waals surface area contributed by atoms with Gasteiger partial charge >= 0.3 is 0 Å². The number of rotatable bonds is 6. The number of morpholine rings is 1. The van der Waals surface area contributed by atoms with Crippen LogP contribution in [0, 0.1) is 0 Å². The Morgan fingerprint density at radius 3 is 2.75 bits per heavy atom. The summed E-state index contributed by atoms with van der Waals surface area (Å²) in [4.78, 5) is 3.84. The maximum Gasteiger partial charge on any atom is 0.123 e. The Kier molecular flexibility index (Phi) is 6.20. The van der Waals surface area contributed by atoms with Crippen LogP contribution in [0.4, 0.5) is 0 Å². The number of nitrogens with zero attached hydrogens (tertiary/aromatic N) is 1. The first-order valence-corrected chi connectivity index (χ1v) is 10.8. The van der Waals surface area contributed by atoms with Crippen molar-refractivity contribution in [1.82, 2.24) is 4.90 Å². The van der Waals surface area contributed by atoms with Crippen molar-refractivity contribution in [3.63, 3.8) is 0 Å². The lowest BCUT2D eigenvalue weighted by molar-refractivity contribution is -0.0214. The van der Waals surface area contributed by atoms with Crippen molar-refractivity contribution in [3.8, 4) is 5.75 Å². The molecule has 1 saturated heterocycles. The van der Waals surface area contributed by atoms with Crippen LogP contribution in [0.25, 0.3) is 10.8 Å². The third kappa shape index (κ3) is 4.35. The molecule has 0 radical (unpaired) electrons. The van der Waals surface area contributed by atoms with Crippen LogP contribution >= 0.6 is 11.8 Å². The Morgan fingerprint density at radius 1 is 1.07 bits per heavy atom. The summed E-state index contributed by atoms with van der Waals surface area (Å²) in [6.07, 6.45) is 0.313. The molecule has 4 rings (SSSR count). The Bertz CT molecular complexity index is 943. The average Bonchev–Trinajstić information content (AvgIpc) is 2.73. The molecular weight excluding hydrogens is 366 g/mol. The largest absolute Gasteiger partial charge is 0.496 e. The van der Waals surface area contributed by atoms with Crippen LogP contribution in [-0.2, 0) is 17.0 Å².